The molecule has 20 heavy (non-hydrogen) atoms. The van der Waals surface area contributed by atoms with Crippen LogP contribution in [0.4, 0.5) is 0 Å². The van der Waals surface area contributed by atoms with Gasteiger partial charge in [0.2, 0.25) is 0 Å². The number of carbonyl (C=O) groups excluding carboxylic acids is 1. The maximum absolute atomic E-state index is 11.1. The van der Waals surface area contributed by atoms with E-state index in [9.17, 15) is 4.79 Å². The van der Waals surface area contributed by atoms with Crippen LogP contribution >= 0.6 is 0 Å². The molecule has 0 N–H and O–H groups in total. The Hall–Kier alpha value is -0.830. The molecule has 1 aliphatic carbocycles. The molecule has 0 aromatic carbocycles. The monoisotopic (exact) mass is 280 g/mol. The first-order chi connectivity index (χ1) is 9.38. The van der Waals surface area contributed by atoms with E-state index in [0.717, 1.165) is 38.7 Å². The lowest BCUT2D eigenvalue weighted by molar-refractivity contribution is -0.224. The van der Waals surface area contributed by atoms with E-state index in [-0.39, 0.29) is 17.0 Å². The largest absolute Gasteiger partial charge is 0.465 e. The second-order valence-corrected chi connectivity index (χ2v) is 7.04. The van der Waals surface area contributed by atoms with Crippen LogP contribution in [0.5, 0.6) is 0 Å². The summed E-state index contributed by atoms with van der Waals surface area (Å²) in [4.78, 5) is 11.1. The predicted octanol–water partition coefficient (Wildman–Crippen LogP) is 3.87. The molecule has 3 nitrogen and oxygen atoms in total. The molecule has 0 unspecified atom stereocenters. The zero-order valence-corrected chi connectivity index (χ0v) is 13.3. The van der Waals surface area contributed by atoms with Crippen LogP contribution < -0.4 is 0 Å². The van der Waals surface area contributed by atoms with Gasteiger partial charge in [-0.25, -0.2) is 0 Å². The third kappa shape index (κ3) is 3.25. The van der Waals surface area contributed by atoms with Crippen molar-refractivity contribution in [1.29, 1.82) is 0 Å². The van der Waals surface area contributed by atoms with Crippen molar-refractivity contribution in [3.8, 4) is 0 Å². The van der Waals surface area contributed by atoms with Crippen LogP contribution in [-0.2, 0) is 14.3 Å². The van der Waals surface area contributed by atoms with Crippen LogP contribution in [0.2, 0.25) is 0 Å². The number of ether oxygens (including phenoxy) is 2. The third-order valence-corrected chi connectivity index (χ3v) is 5.18. The quantitative estimate of drug-likeness (QED) is 0.566. The molecule has 0 spiro atoms. The van der Waals surface area contributed by atoms with Gasteiger partial charge in [-0.1, -0.05) is 18.6 Å². The fraction of sp³-hybridized carbons (Fsp3) is 0.824. The molecule has 3 fully saturated rings. The minimum absolute atomic E-state index is 0.0595. The average Bonchev–Trinajstić information content (AvgIpc) is 2.37. The molecule has 0 radical (unpaired) electrons. The number of fused-ring (bicyclic) bond motifs is 3. The number of hydrogen-bond acceptors (Lipinski definition) is 3. The normalized spacial score (nSPS) is 35.7. The van der Waals surface area contributed by atoms with Gasteiger partial charge in [0, 0.05) is 12.3 Å². The zero-order valence-electron chi connectivity index (χ0n) is 13.3. The third-order valence-electron chi connectivity index (χ3n) is 5.18. The number of esters is 1. The van der Waals surface area contributed by atoms with E-state index in [2.05, 4.69) is 26.8 Å². The molecular formula is C17H28O3. The molecule has 2 saturated heterocycles. The molecule has 1 saturated carbocycles. The Kier molecular flexibility index (Phi) is 4.58. The molecule has 2 aliphatic heterocycles. The number of hydrogen-bond donors (Lipinski definition) is 0. The predicted molar refractivity (Wildman–Crippen MR) is 79.4 cm³/mol. The summed E-state index contributed by atoms with van der Waals surface area (Å²) in [5.41, 5.74) is 1.51. The van der Waals surface area contributed by atoms with Gasteiger partial charge in [0.05, 0.1) is 18.8 Å². The Morgan fingerprint density at radius 2 is 2.10 bits per heavy atom. The Balaban J connectivity index is 1.95. The van der Waals surface area contributed by atoms with Crippen molar-refractivity contribution < 1.29 is 14.3 Å². The molecule has 2 heterocycles. The minimum Gasteiger partial charge on any atom is -0.465 e. The van der Waals surface area contributed by atoms with Gasteiger partial charge >= 0.3 is 5.97 Å². The lowest BCUT2D eigenvalue weighted by Gasteiger charge is -2.56. The summed E-state index contributed by atoms with van der Waals surface area (Å²) in [6.45, 7) is 9.34. The first-order valence-electron chi connectivity index (χ1n) is 7.78. The van der Waals surface area contributed by atoms with Gasteiger partial charge < -0.3 is 9.47 Å². The minimum atomic E-state index is -0.183. The van der Waals surface area contributed by atoms with E-state index in [1.54, 1.807) is 0 Å². The summed E-state index contributed by atoms with van der Waals surface area (Å²) in [5, 5.41) is 0. The summed E-state index contributed by atoms with van der Waals surface area (Å²) < 4.78 is 11.5. The van der Waals surface area contributed by atoms with E-state index < -0.39 is 0 Å². The van der Waals surface area contributed by atoms with Gasteiger partial charge in [0.1, 0.15) is 0 Å². The summed E-state index contributed by atoms with van der Waals surface area (Å²) in [5.74, 6) is 0.383. The molecule has 114 valence electrons. The maximum atomic E-state index is 11.1. The molecule has 0 aromatic rings. The summed E-state index contributed by atoms with van der Waals surface area (Å²) in [7, 11) is 0. The van der Waals surface area contributed by atoms with E-state index in [1.807, 2.05) is 0 Å². The van der Waals surface area contributed by atoms with Gasteiger partial charge in [-0.3, -0.25) is 4.79 Å². The molecule has 0 amide bonds. The summed E-state index contributed by atoms with van der Waals surface area (Å²) in [6, 6.07) is 0. The lowest BCUT2D eigenvalue weighted by Crippen LogP contribution is -2.57. The Labute approximate surface area is 122 Å². The lowest BCUT2D eigenvalue weighted by atomic mass is 9.59. The summed E-state index contributed by atoms with van der Waals surface area (Å²) >= 11 is 0. The van der Waals surface area contributed by atoms with Crippen molar-refractivity contribution in [3.63, 3.8) is 0 Å². The second-order valence-electron chi connectivity index (χ2n) is 7.04. The van der Waals surface area contributed by atoms with Crippen LogP contribution in [0.1, 0.15) is 59.8 Å². The highest BCUT2D eigenvalue weighted by molar-refractivity contribution is 5.65. The van der Waals surface area contributed by atoms with Gasteiger partial charge in [-0.2, -0.15) is 0 Å². The van der Waals surface area contributed by atoms with Gasteiger partial charge in [0.15, 0.2) is 0 Å². The van der Waals surface area contributed by atoms with Crippen LogP contribution in [0.3, 0.4) is 0 Å². The van der Waals surface area contributed by atoms with Gasteiger partial charge in [0.25, 0.3) is 0 Å². The smallest absolute Gasteiger partial charge is 0.302 e. The Morgan fingerprint density at radius 3 is 2.60 bits per heavy atom. The van der Waals surface area contributed by atoms with Crippen molar-refractivity contribution in [2.45, 2.75) is 65.4 Å². The van der Waals surface area contributed by atoms with Gasteiger partial charge in [-0.05, 0) is 51.9 Å². The van der Waals surface area contributed by atoms with Crippen LogP contribution in [0.25, 0.3) is 0 Å². The average molecular weight is 280 g/mol. The second kappa shape index (κ2) is 5.88. The van der Waals surface area contributed by atoms with Crippen molar-refractivity contribution in [3.05, 3.63) is 11.6 Å². The fourth-order valence-electron chi connectivity index (χ4n) is 3.67. The SMILES string of the molecule is CC(=O)OC[C@]12CC[C@@](CCC=C(C)C)(C[C@H]1C)OC2. The first-order valence-corrected chi connectivity index (χ1v) is 7.78. The number of carbonyl (C=O) groups is 1. The van der Waals surface area contributed by atoms with Crippen molar-refractivity contribution in [1.82, 2.24) is 0 Å². The van der Waals surface area contributed by atoms with E-state index in [0.29, 0.717) is 12.5 Å². The van der Waals surface area contributed by atoms with Crippen LogP contribution in [0, 0.1) is 11.3 Å². The topological polar surface area (TPSA) is 35.5 Å². The van der Waals surface area contributed by atoms with Crippen molar-refractivity contribution in [2.24, 2.45) is 11.3 Å². The van der Waals surface area contributed by atoms with Crippen LogP contribution in [-0.4, -0.2) is 24.8 Å². The number of rotatable bonds is 5. The van der Waals surface area contributed by atoms with Crippen molar-refractivity contribution in [2.75, 3.05) is 13.2 Å². The van der Waals surface area contributed by atoms with E-state index >= 15 is 0 Å². The molecule has 3 aliphatic rings. The molecular weight excluding hydrogens is 252 g/mol. The van der Waals surface area contributed by atoms with Crippen molar-refractivity contribution >= 4 is 5.97 Å². The Morgan fingerprint density at radius 1 is 1.35 bits per heavy atom. The maximum Gasteiger partial charge on any atom is 0.302 e. The molecule has 3 atom stereocenters. The molecule has 2 bridgehead atoms. The highest BCUT2D eigenvalue weighted by Gasteiger charge is 2.53. The molecule has 3 rings (SSSR count). The van der Waals surface area contributed by atoms with E-state index in [4.69, 9.17) is 9.47 Å². The standard InChI is InChI=1S/C17H28O3/c1-13(2)6-5-7-17-9-8-16(12-20-17,14(3)10-17)11-19-15(4)18/h6,14H,5,7-12H2,1-4H3/t14-,16+,17+/m1/s1. The Bertz CT molecular complexity index is 385. The van der Waals surface area contributed by atoms with Gasteiger partial charge in [-0.15, -0.1) is 0 Å². The van der Waals surface area contributed by atoms with E-state index in [1.165, 1.54) is 12.5 Å². The van der Waals surface area contributed by atoms with Crippen LogP contribution in [0.15, 0.2) is 11.6 Å². The highest BCUT2D eigenvalue weighted by atomic mass is 16.5. The first kappa shape index (κ1) is 15.6. The fourth-order valence-corrected chi connectivity index (χ4v) is 3.67. The highest BCUT2D eigenvalue weighted by Crippen LogP contribution is 2.54. The molecule has 3 heteroatoms. The number of allylic oxidation sites excluding steroid dienone is 2. The zero-order chi connectivity index (χ0) is 14.8. The molecule has 0 aromatic heterocycles. The summed E-state index contributed by atoms with van der Waals surface area (Å²) in [6.07, 6.45) is 7.85.